The number of aliphatic hydroxyl groups excluding tert-OH is 1. The van der Waals surface area contributed by atoms with Crippen LogP contribution in [0.3, 0.4) is 0 Å². The molecule has 1 aliphatic heterocycles. The summed E-state index contributed by atoms with van der Waals surface area (Å²) in [5.74, 6) is 0.798. The summed E-state index contributed by atoms with van der Waals surface area (Å²) in [6, 6.07) is 0.965. The molecule has 0 radical (unpaired) electrons. The monoisotopic (exact) mass is 168 g/mol. The van der Waals surface area contributed by atoms with Gasteiger partial charge in [0, 0.05) is 6.04 Å². The summed E-state index contributed by atoms with van der Waals surface area (Å²) in [6.07, 6.45) is 4.57. The second kappa shape index (κ2) is 3.05. The summed E-state index contributed by atoms with van der Waals surface area (Å²) >= 11 is 0. The molecule has 0 saturated heterocycles. The van der Waals surface area contributed by atoms with Crippen LogP contribution in [-0.4, -0.2) is 29.1 Å². The lowest BCUT2D eigenvalue weighted by atomic mass is 9.92. The molecule has 1 fully saturated rings. The third-order valence-electron chi connectivity index (χ3n) is 2.76. The highest BCUT2D eigenvalue weighted by molar-refractivity contribution is 5.88. The molecule has 2 N–H and O–H groups in total. The van der Waals surface area contributed by atoms with Crippen molar-refractivity contribution in [2.24, 2.45) is 4.99 Å². The zero-order valence-corrected chi connectivity index (χ0v) is 7.45. The zero-order chi connectivity index (χ0) is 8.55. The molecule has 2 rings (SSSR count). The summed E-state index contributed by atoms with van der Waals surface area (Å²) < 4.78 is 0. The maximum absolute atomic E-state index is 9.31. The summed E-state index contributed by atoms with van der Waals surface area (Å²) in [6.45, 7) is 1.77. The van der Waals surface area contributed by atoms with Crippen LogP contribution in [0.5, 0.6) is 0 Å². The van der Waals surface area contributed by atoms with Gasteiger partial charge in [-0.15, -0.1) is 0 Å². The number of aliphatic hydroxyl groups is 1. The van der Waals surface area contributed by atoms with Gasteiger partial charge in [0.05, 0.1) is 6.04 Å². The molecule has 3 nitrogen and oxygen atoms in total. The number of fused-ring (bicyclic) bond motifs is 1. The van der Waals surface area contributed by atoms with Gasteiger partial charge in [-0.1, -0.05) is 12.8 Å². The van der Waals surface area contributed by atoms with Crippen molar-refractivity contribution in [2.75, 3.05) is 0 Å². The molecule has 0 bridgehead atoms. The molecule has 12 heavy (non-hydrogen) atoms. The molecule has 0 aromatic carbocycles. The number of rotatable bonds is 1. The normalized spacial score (nSPS) is 36.7. The van der Waals surface area contributed by atoms with Gasteiger partial charge < -0.3 is 10.4 Å². The number of nitrogens with zero attached hydrogens (tertiary/aromatic N) is 1. The number of nitrogens with one attached hydrogen (secondary N) is 1. The van der Waals surface area contributed by atoms with Crippen molar-refractivity contribution in [3.05, 3.63) is 0 Å². The van der Waals surface area contributed by atoms with E-state index >= 15 is 0 Å². The number of hydrogen-bond donors (Lipinski definition) is 2. The Kier molecular flexibility index (Phi) is 2.05. The van der Waals surface area contributed by atoms with Crippen molar-refractivity contribution < 1.29 is 5.11 Å². The van der Waals surface area contributed by atoms with E-state index < -0.39 is 6.10 Å². The van der Waals surface area contributed by atoms with Crippen LogP contribution in [0.1, 0.15) is 32.6 Å². The van der Waals surface area contributed by atoms with E-state index in [1.54, 1.807) is 6.92 Å². The van der Waals surface area contributed by atoms with Gasteiger partial charge in [0.1, 0.15) is 11.9 Å². The van der Waals surface area contributed by atoms with Crippen molar-refractivity contribution >= 4 is 5.84 Å². The first-order valence-electron chi connectivity index (χ1n) is 4.79. The predicted molar refractivity (Wildman–Crippen MR) is 48.3 cm³/mol. The van der Waals surface area contributed by atoms with Crippen LogP contribution >= 0.6 is 0 Å². The summed E-state index contributed by atoms with van der Waals surface area (Å²) in [5, 5.41) is 12.6. The van der Waals surface area contributed by atoms with Crippen LogP contribution in [0.2, 0.25) is 0 Å². The Morgan fingerprint density at radius 1 is 1.50 bits per heavy atom. The average Bonchev–Trinajstić information content (AvgIpc) is 2.46. The van der Waals surface area contributed by atoms with E-state index in [2.05, 4.69) is 10.3 Å². The van der Waals surface area contributed by atoms with Gasteiger partial charge in [-0.05, 0) is 19.8 Å². The van der Waals surface area contributed by atoms with E-state index in [1.807, 2.05) is 0 Å². The molecule has 1 heterocycles. The van der Waals surface area contributed by atoms with E-state index in [1.165, 1.54) is 25.7 Å². The van der Waals surface area contributed by atoms with Crippen LogP contribution in [0.4, 0.5) is 0 Å². The third kappa shape index (κ3) is 1.33. The minimum Gasteiger partial charge on any atom is -0.386 e. The SMILES string of the molecule is CC(O)C1=NC2CCCCC2N1. The van der Waals surface area contributed by atoms with Crippen molar-refractivity contribution in [3.8, 4) is 0 Å². The second-order valence-corrected chi connectivity index (χ2v) is 3.79. The molecule has 1 aliphatic carbocycles. The minimum absolute atomic E-state index is 0.421. The molecule has 0 spiro atoms. The quantitative estimate of drug-likeness (QED) is 0.604. The maximum Gasteiger partial charge on any atom is 0.126 e. The molecular formula is C9H16N2O. The Labute approximate surface area is 72.9 Å². The second-order valence-electron chi connectivity index (χ2n) is 3.79. The average molecular weight is 168 g/mol. The van der Waals surface area contributed by atoms with Crippen LogP contribution in [-0.2, 0) is 0 Å². The molecule has 0 amide bonds. The Hall–Kier alpha value is -0.570. The lowest BCUT2D eigenvalue weighted by molar-refractivity contribution is 0.257. The number of amidine groups is 1. The van der Waals surface area contributed by atoms with E-state index in [0.29, 0.717) is 12.1 Å². The minimum atomic E-state index is -0.421. The van der Waals surface area contributed by atoms with Gasteiger partial charge in [-0.3, -0.25) is 4.99 Å². The van der Waals surface area contributed by atoms with E-state index in [9.17, 15) is 5.11 Å². The van der Waals surface area contributed by atoms with Crippen molar-refractivity contribution in [1.29, 1.82) is 0 Å². The largest absolute Gasteiger partial charge is 0.386 e. The van der Waals surface area contributed by atoms with Crippen molar-refractivity contribution in [2.45, 2.75) is 50.8 Å². The lowest BCUT2D eigenvalue weighted by Crippen LogP contribution is -2.39. The van der Waals surface area contributed by atoms with E-state index in [4.69, 9.17) is 0 Å². The standard InChI is InChI=1S/C9H16N2O/c1-6(12)9-10-7-4-2-3-5-8(7)11-9/h6-8,12H,2-5H2,1H3,(H,10,11). The number of aliphatic imine (C=N–C) groups is 1. The Morgan fingerprint density at radius 3 is 2.92 bits per heavy atom. The van der Waals surface area contributed by atoms with Gasteiger partial charge >= 0.3 is 0 Å². The molecule has 68 valence electrons. The van der Waals surface area contributed by atoms with Gasteiger partial charge in [0.25, 0.3) is 0 Å². The first-order chi connectivity index (χ1) is 5.77. The fourth-order valence-electron chi connectivity index (χ4n) is 2.07. The van der Waals surface area contributed by atoms with Gasteiger partial charge in [-0.2, -0.15) is 0 Å². The fraction of sp³-hybridized carbons (Fsp3) is 0.889. The third-order valence-corrected chi connectivity index (χ3v) is 2.76. The first-order valence-corrected chi connectivity index (χ1v) is 4.79. The zero-order valence-electron chi connectivity index (χ0n) is 7.45. The molecule has 3 atom stereocenters. The molecular weight excluding hydrogens is 152 g/mol. The lowest BCUT2D eigenvalue weighted by Gasteiger charge is -2.23. The van der Waals surface area contributed by atoms with Crippen molar-refractivity contribution in [3.63, 3.8) is 0 Å². The smallest absolute Gasteiger partial charge is 0.126 e. The Morgan fingerprint density at radius 2 is 2.25 bits per heavy atom. The number of hydrogen-bond acceptors (Lipinski definition) is 3. The molecule has 1 saturated carbocycles. The first kappa shape index (κ1) is 8.05. The summed E-state index contributed by atoms with van der Waals surface area (Å²) in [7, 11) is 0. The topological polar surface area (TPSA) is 44.6 Å². The molecule has 0 aromatic heterocycles. The Bertz CT molecular complexity index is 201. The Balaban J connectivity index is 2.04. The van der Waals surface area contributed by atoms with Gasteiger partial charge in [-0.25, -0.2) is 0 Å². The van der Waals surface area contributed by atoms with Crippen LogP contribution in [0.15, 0.2) is 4.99 Å². The van der Waals surface area contributed by atoms with Gasteiger partial charge in [0.15, 0.2) is 0 Å². The highest BCUT2D eigenvalue weighted by atomic mass is 16.3. The highest BCUT2D eigenvalue weighted by Crippen LogP contribution is 2.24. The summed E-state index contributed by atoms with van der Waals surface area (Å²) in [4.78, 5) is 4.47. The fourth-order valence-corrected chi connectivity index (χ4v) is 2.07. The molecule has 3 heteroatoms. The summed E-state index contributed by atoms with van der Waals surface area (Å²) in [5.41, 5.74) is 0. The maximum atomic E-state index is 9.31. The van der Waals surface area contributed by atoms with Crippen LogP contribution in [0, 0.1) is 0 Å². The predicted octanol–water partition coefficient (Wildman–Crippen LogP) is 0.680. The molecule has 0 aromatic rings. The molecule has 3 unspecified atom stereocenters. The van der Waals surface area contributed by atoms with E-state index in [0.717, 1.165) is 5.84 Å². The van der Waals surface area contributed by atoms with Crippen LogP contribution in [0.25, 0.3) is 0 Å². The van der Waals surface area contributed by atoms with Crippen LogP contribution < -0.4 is 5.32 Å². The van der Waals surface area contributed by atoms with Crippen molar-refractivity contribution in [1.82, 2.24) is 5.32 Å². The van der Waals surface area contributed by atoms with E-state index in [-0.39, 0.29) is 0 Å². The molecule has 2 aliphatic rings. The van der Waals surface area contributed by atoms with Gasteiger partial charge in [0.2, 0.25) is 0 Å². The highest BCUT2D eigenvalue weighted by Gasteiger charge is 2.31.